The molecular weight excluding hydrogens is 474 g/mol. The second-order valence-electron chi connectivity index (χ2n) is 9.18. The van der Waals surface area contributed by atoms with Crippen molar-refractivity contribution >= 4 is 27.3 Å². The lowest BCUT2D eigenvalue weighted by atomic mass is 10.1. The largest absolute Gasteiger partial charge is 0.457 e. The number of anilines is 2. The minimum atomic E-state index is -3.70. The molecule has 0 bridgehead atoms. The van der Waals surface area contributed by atoms with Gasteiger partial charge in [-0.3, -0.25) is 9.10 Å². The zero-order valence-electron chi connectivity index (χ0n) is 21.2. The highest BCUT2D eigenvalue weighted by molar-refractivity contribution is 7.92. The molecule has 0 spiro atoms. The first-order valence-electron chi connectivity index (χ1n) is 12.1. The number of piperazine rings is 1. The summed E-state index contributed by atoms with van der Waals surface area (Å²) in [6.45, 7) is 8.34. The van der Waals surface area contributed by atoms with E-state index in [0.29, 0.717) is 43.4 Å². The fraction of sp³-hybridized carbons (Fsp3) is 0.321. The summed E-state index contributed by atoms with van der Waals surface area (Å²) in [5.74, 6) is 1.07. The summed E-state index contributed by atoms with van der Waals surface area (Å²) in [6.07, 6.45) is 1.13. The van der Waals surface area contributed by atoms with Crippen molar-refractivity contribution in [3.63, 3.8) is 0 Å². The number of benzene rings is 3. The van der Waals surface area contributed by atoms with Crippen molar-refractivity contribution in [3.8, 4) is 11.5 Å². The number of nitrogens with zero attached hydrogens (tertiary/aromatic N) is 3. The number of ether oxygens (including phenoxy) is 1. The van der Waals surface area contributed by atoms with E-state index in [9.17, 15) is 13.2 Å². The zero-order chi connectivity index (χ0) is 25.9. The van der Waals surface area contributed by atoms with E-state index in [2.05, 4.69) is 36.9 Å². The number of para-hydroxylation sites is 1. The Morgan fingerprint density at radius 3 is 2.08 bits per heavy atom. The van der Waals surface area contributed by atoms with Gasteiger partial charge in [0.15, 0.2) is 0 Å². The lowest BCUT2D eigenvalue weighted by Gasteiger charge is -2.39. The van der Waals surface area contributed by atoms with Crippen LogP contribution in [0.5, 0.6) is 11.5 Å². The van der Waals surface area contributed by atoms with Crippen molar-refractivity contribution in [1.82, 2.24) is 4.90 Å². The predicted octanol–water partition coefficient (Wildman–Crippen LogP) is 4.60. The summed E-state index contributed by atoms with van der Waals surface area (Å²) in [6, 6.07) is 21.5. The summed E-state index contributed by atoms with van der Waals surface area (Å²) in [5, 5.41) is 0. The first-order valence-corrected chi connectivity index (χ1v) is 13.9. The van der Waals surface area contributed by atoms with Crippen LogP contribution in [0, 0.1) is 13.8 Å². The Labute approximate surface area is 214 Å². The molecule has 36 heavy (non-hydrogen) atoms. The molecule has 7 nitrogen and oxygen atoms in total. The summed E-state index contributed by atoms with van der Waals surface area (Å²) in [7, 11) is -3.70. The number of carbonyl (C=O) groups is 1. The van der Waals surface area contributed by atoms with Gasteiger partial charge in [-0.05, 0) is 74.4 Å². The third-order valence-corrected chi connectivity index (χ3v) is 7.89. The van der Waals surface area contributed by atoms with Gasteiger partial charge in [0.25, 0.3) is 0 Å². The van der Waals surface area contributed by atoms with Gasteiger partial charge >= 0.3 is 0 Å². The van der Waals surface area contributed by atoms with E-state index in [-0.39, 0.29) is 5.91 Å². The van der Waals surface area contributed by atoms with Crippen LogP contribution < -0.4 is 13.9 Å². The van der Waals surface area contributed by atoms with Crippen LogP contribution in [0.15, 0.2) is 72.8 Å². The molecule has 0 aromatic heterocycles. The average Bonchev–Trinajstić information content (AvgIpc) is 2.86. The molecule has 1 amide bonds. The first-order chi connectivity index (χ1) is 17.1. The number of sulfonamides is 1. The Kier molecular flexibility index (Phi) is 7.54. The van der Waals surface area contributed by atoms with Gasteiger partial charge in [0.2, 0.25) is 15.9 Å². The molecule has 4 rings (SSSR count). The van der Waals surface area contributed by atoms with Crippen molar-refractivity contribution in [2.75, 3.05) is 41.6 Å². The minimum absolute atomic E-state index is 0.203. The molecule has 3 aromatic rings. The number of carbonyl (C=O) groups excluding carboxylic acids is 1. The maximum absolute atomic E-state index is 13.4. The molecule has 0 radical (unpaired) electrons. The normalized spacial score (nSPS) is 14.9. The van der Waals surface area contributed by atoms with Crippen molar-refractivity contribution in [1.29, 1.82) is 0 Å². The second-order valence-corrected chi connectivity index (χ2v) is 11.0. The zero-order valence-corrected chi connectivity index (χ0v) is 22.0. The van der Waals surface area contributed by atoms with Gasteiger partial charge in [-0.2, -0.15) is 0 Å². The van der Waals surface area contributed by atoms with Crippen molar-refractivity contribution < 1.29 is 17.9 Å². The summed E-state index contributed by atoms with van der Waals surface area (Å²) in [4.78, 5) is 17.5. The van der Waals surface area contributed by atoms with Crippen LogP contribution in [0.2, 0.25) is 0 Å². The number of amides is 1. The van der Waals surface area contributed by atoms with E-state index in [1.165, 1.54) is 21.1 Å². The Morgan fingerprint density at radius 2 is 1.47 bits per heavy atom. The number of aryl methyl sites for hydroxylation is 1. The second kappa shape index (κ2) is 10.6. The summed E-state index contributed by atoms with van der Waals surface area (Å²) < 4.78 is 32.5. The quantitative estimate of drug-likeness (QED) is 0.468. The molecule has 1 atom stereocenters. The van der Waals surface area contributed by atoms with Gasteiger partial charge < -0.3 is 14.5 Å². The van der Waals surface area contributed by atoms with Crippen molar-refractivity contribution in [2.24, 2.45) is 0 Å². The van der Waals surface area contributed by atoms with Crippen LogP contribution in [0.1, 0.15) is 18.1 Å². The van der Waals surface area contributed by atoms with Gasteiger partial charge in [0.1, 0.15) is 17.5 Å². The van der Waals surface area contributed by atoms with Crippen LogP contribution in [-0.2, 0) is 14.8 Å². The summed E-state index contributed by atoms with van der Waals surface area (Å²) in [5.41, 5.74) is 4.09. The molecule has 8 heteroatoms. The van der Waals surface area contributed by atoms with Gasteiger partial charge in [-0.25, -0.2) is 8.42 Å². The van der Waals surface area contributed by atoms with Gasteiger partial charge in [-0.15, -0.1) is 0 Å². The van der Waals surface area contributed by atoms with Gasteiger partial charge in [-0.1, -0.05) is 30.3 Å². The first kappa shape index (κ1) is 25.6. The van der Waals surface area contributed by atoms with E-state index >= 15 is 0 Å². The lowest BCUT2D eigenvalue weighted by Crippen LogP contribution is -2.55. The molecule has 1 saturated heterocycles. The Hall–Kier alpha value is -3.52. The number of hydrogen-bond donors (Lipinski definition) is 0. The molecule has 1 aliphatic rings. The minimum Gasteiger partial charge on any atom is -0.457 e. The van der Waals surface area contributed by atoms with Crippen molar-refractivity contribution in [3.05, 3.63) is 83.9 Å². The van der Waals surface area contributed by atoms with E-state index in [1.54, 1.807) is 36.1 Å². The van der Waals surface area contributed by atoms with Crippen LogP contribution in [-0.4, -0.2) is 57.7 Å². The maximum atomic E-state index is 13.4. The van der Waals surface area contributed by atoms with Gasteiger partial charge in [0.05, 0.1) is 11.9 Å². The van der Waals surface area contributed by atoms with Crippen molar-refractivity contribution in [2.45, 2.75) is 26.8 Å². The number of hydrogen-bond acceptors (Lipinski definition) is 5. The molecule has 190 valence electrons. The average molecular weight is 508 g/mol. The molecule has 0 saturated carbocycles. The monoisotopic (exact) mass is 507 g/mol. The van der Waals surface area contributed by atoms with E-state index in [4.69, 9.17) is 4.74 Å². The molecule has 0 aliphatic carbocycles. The van der Waals surface area contributed by atoms with E-state index in [1.807, 2.05) is 30.3 Å². The van der Waals surface area contributed by atoms with Crippen LogP contribution in [0.3, 0.4) is 0 Å². The number of rotatable bonds is 7. The summed E-state index contributed by atoms with van der Waals surface area (Å²) >= 11 is 0. The predicted molar refractivity (Wildman–Crippen MR) is 144 cm³/mol. The molecule has 3 aromatic carbocycles. The fourth-order valence-electron chi connectivity index (χ4n) is 4.60. The Balaban J connectivity index is 1.46. The lowest BCUT2D eigenvalue weighted by molar-refractivity contribution is -0.132. The van der Waals surface area contributed by atoms with E-state index in [0.717, 1.165) is 6.26 Å². The molecule has 0 unspecified atom stereocenters. The standard InChI is InChI=1S/C28H33N3O4S/c1-21-9-8-12-27(22(21)2)29-17-19-30(20-18-29)28(32)23(3)31(36(4,33)34)24-13-15-26(16-14-24)35-25-10-6-5-7-11-25/h5-16,23H,17-20H2,1-4H3/t23-/m1/s1. The molecule has 0 N–H and O–H groups in total. The molecule has 1 aliphatic heterocycles. The maximum Gasteiger partial charge on any atom is 0.246 e. The topological polar surface area (TPSA) is 70.2 Å². The van der Waals surface area contributed by atoms with Crippen LogP contribution in [0.25, 0.3) is 0 Å². The molecule has 1 fully saturated rings. The van der Waals surface area contributed by atoms with Gasteiger partial charge in [0, 0.05) is 31.9 Å². The Morgan fingerprint density at radius 1 is 0.861 bits per heavy atom. The molecular formula is C28H33N3O4S. The highest BCUT2D eigenvalue weighted by Gasteiger charge is 2.33. The fourth-order valence-corrected chi connectivity index (χ4v) is 5.77. The third kappa shape index (κ3) is 5.65. The van der Waals surface area contributed by atoms with Crippen LogP contribution in [0.4, 0.5) is 11.4 Å². The third-order valence-electron chi connectivity index (χ3n) is 6.64. The Bertz CT molecular complexity index is 1300. The highest BCUT2D eigenvalue weighted by atomic mass is 32.2. The SMILES string of the molecule is Cc1cccc(N2CCN(C(=O)[C@@H](C)N(c3ccc(Oc4ccccc4)cc3)S(C)(=O)=O)CC2)c1C. The smallest absolute Gasteiger partial charge is 0.246 e. The highest BCUT2D eigenvalue weighted by Crippen LogP contribution is 2.28. The van der Waals surface area contributed by atoms with Crippen LogP contribution >= 0.6 is 0 Å². The van der Waals surface area contributed by atoms with E-state index < -0.39 is 16.1 Å². The molecule has 1 heterocycles.